The van der Waals surface area contributed by atoms with Gasteiger partial charge in [0.2, 0.25) is 11.1 Å². The van der Waals surface area contributed by atoms with Crippen LogP contribution in [-0.4, -0.2) is 32.1 Å². The van der Waals surface area contributed by atoms with Crippen molar-refractivity contribution >= 4 is 17.7 Å². The molecule has 90 valence electrons. The van der Waals surface area contributed by atoms with Crippen LogP contribution in [0, 0.1) is 6.92 Å². The summed E-state index contributed by atoms with van der Waals surface area (Å²) < 4.78 is 1.37. The van der Waals surface area contributed by atoms with Crippen LogP contribution >= 0.6 is 11.8 Å². The standard InChI is InChI=1S/C9H17N5OS/c1-6-12-13-8(14(6)10)16-5-7(15)11-9(2,3)4/h5,10H2,1-4H3,(H,11,15). The topological polar surface area (TPSA) is 85.8 Å². The number of nitrogens with zero attached hydrogens (tertiary/aromatic N) is 3. The Morgan fingerprint density at radius 3 is 2.56 bits per heavy atom. The van der Waals surface area contributed by atoms with E-state index in [1.165, 1.54) is 16.4 Å². The molecule has 1 rings (SSSR count). The number of hydrogen-bond donors (Lipinski definition) is 2. The van der Waals surface area contributed by atoms with Gasteiger partial charge in [0.15, 0.2) is 0 Å². The zero-order valence-electron chi connectivity index (χ0n) is 9.94. The van der Waals surface area contributed by atoms with Crippen LogP contribution in [0.2, 0.25) is 0 Å². The molecule has 1 aromatic heterocycles. The minimum absolute atomic E-state index is 0.0434. The number of carbonyl (C=O) groups excluding carboxylic acids is 1. The summed E-state index contributed by atoms with van der Waals surface area (Å²) in [6.45, 7) is 7.56. The summed E-state index contributed by atoms with van der Waals surface area (Å²) in [4.78, 5) is 11.5. The molecule has 0 bridgehead atoms. The highest BCUT2D eigenvalue weighted by Crippen LogP contribution is 2.14. The van der Waals surface area contributed by atoms with Gasteiger partial charge in [0.1, 0.15) is 5.82 Å². The van der Waals surface area contributed by atoms with Gasteiger partial charge in [0, 0.05) is 5.54 Å². The van der Waals surface area contributed by atoms with Crippen molar-refractivity contribution in [2.24, 2.45) is 0 Å². The molecule has 3 N–H and O–H groups in total. The molecule has 6 nitrogen and oxygen atoms in total. The van der Waals surface area contributed by atoms with Gasteiger partial charge in [-0.1, -0.05) is 11.8 Å². The number of nitrogens with one attached hydrogen (secondary N) is 1. The Morgan fingerprint density at radius 1 is 1.50 bits per heavy atom. The van der Waals surface area contributed by atoms with E-state index in [1.807, 2.05) is 20.8 Å². The molecule has 1 heterocycles. The zero-order valence-corrected chi connectivity index (χ0v) is 10.8. The molecule has 0 spiro atoms. The van der Waals surface area contributed by atoms with Crippen LogP contribution in [0.15, 0.2) is 5.16 Å². The molecule has 0 saturated carbocycles. The Hall–Kier alpha value is -1.24. The Kier molecular flexibility index (Phi) is 3.79. The Balaban J connectivity index is 2.47. The van der Waals surface area contributed by atoms with Gasteiger partial charge >= 0.3 is 0 Å². The van der Waals surface area contributed by atoms with Crippen LogP contribution < -0.4 is 11.2 Å². The normalized spacial score (nSPS) is 11.5. The van der Waals surface area contributed by atoms with Crippen LogP contribution in [0.25, 0.3) is 0 Å². The fourth-order valence-electron chi connectivity index (χ4n) is 1.03. The van der Waals surface area contributed by atoms with Crippen LogP contribution in [0.1, 0.15) is 26.6 Å². The van der Waals surface area contributed by atoms with Crippen LogP contribution in [0.4, 0.5) is 0 Å². The van der Waals surface area contributed by atoms with E-state index in [2.05, 4.69) is 15.5 Å². The highest BCUT2D eigenvalue weighted by Gasteiger charge is 2.15. The smallest absolute Gasteiger partial charge is 0.230 e. The number of thioether (sulfide) groups is 1. The van der Waals surface area contributed by atoms with Crippen molar-refractivity contribution in [3.05, 3.63) is 5.82 Å². The molecule has 0 aliphatic carbocycles. The molecule has 0 radical (unpaired) electrons. The molecule has 0 atom stereocenters. The van der Waals surface area contributed by atoms with Gasteiger partial charge in [0.25, 0.3) is 0 Å². The second-order valence-corrected chi connectivity index (χ2v) is 5.43. The molecule has 0 aliphatic rings. The van der Waals surface area contributed by atoms with E-state index < -0.39 is 0 Å². The number of amides is 1. The molecule has 0 fully saturated rings. The molecular weight excluding hydrogens is 226 g/mol. The summed E-state index contributed by atoms with van der Waals surface area (Å²) in [7, 11) is 0. The molecule has 0 saturated heterocycles. The number of rotatable bonds is 3. The fourth-order valence-corrected chi connectivity index (χ4v) is 1.73. The zero-order chi connectivity index (χ0) is 12.3. The number of nitrogen functional groups attached to an aromatic ring is 1. The highest BCUT2D eigenvalue weighted by atomic mass is 32.2. The van der Waals surface area contributed by atoms with Gasteiger partial charge in [-0.15, -0.1) is 10.2 Å². The first-order valence-corrected chi connectivity index (χ1v) is 5.89. The van der Waals surface area contributed by atoms with Gasteiger partial charge in [-0.2, -0.15) is 0 Å². The SMILES string of the molecule is Cc1nnc(SCC(=O)NC(C)(C)C)n1N. The minimum atomic E-state index is -0.218. The Bertz CT molecular complexity index is 382. The first-order chi connectivity index (χ1) is 7.29. The van der Waals surface area contributed by atoms with Crippen LogP contribution in [-0.2, 0) is 4.79 Å². The summed E-state index contributed by atoms with van der Waals surface area (Å²) in [5.74, 6) is 6.52. The molecule has 0 aliphatic heterocycles. The molecule has 16 heavy (non-hydrogen) atoms. The predicted octanol–water partition coefficient (Wildman–Crippen LogP) is 0.307. The van der Waals surface area contributed by atoms with E-state index in [0.29, 0.717) is 11.0 Å². The third-order valence-corrected chi connectivity index (χ3v) is 2.62. The van der Waals surface area contributed by atoms with E-state index >= 15 is 0 Å². The Morgan fingerprint density at radius 2 is 2.12 bits per heavy atom. The van der Waals surface area contributed by atoms with Crippen molar-refractivity contribution in [3.8, 4) is 0 Å². The van der Waals surface area contributed by atoms with Crippen molar-refractivity contribution < 1.29 is 4.79 Å². The van der Waals surface area contributed by atoms with Crippen LogP contribution in [0.5, 0.6) is 0 Å². The van der Waals surface area contributed by atoms with E-state index in [4.69, 9.17) is 5.84 Å². The maximum absolute atomic E-state index is 11.5. The average Bonchev–Trinajstić information content (AvgIpc) is 2.42. The lowest BCUT2D eigenvalue weighted by molar-refractivity contribution is -0.119. The first kappa shape index (κ1) is 12.8. The number of aromatic nitrogens is 3. The summed E-state index contributed by atoms with van der Waals surface area (Å²) in [6, 6.07) is 0. The van der Waals surface area contributed by atoms with E-state index in [1.54, 1.807) is 6.92 Å². The maximum Gasteiger partial charge on any atom is 0.230 e. The van der Waals surface area contributed by atoms with Gasteiger partial charge in [-0.25, -0.2) is 4.68 Å². The lowest BCUT2D eigenvalue weighted by Crippen LogP contribution is -2.41. The van der Waals surface area contributed by atoms with E-state index in [-0.39, 0.29) is 17.2 Å². The molecule has 1 amide bonds. The predicted molar refractivity (Wildman–Crippen MR) is 63.5 cm³/mol. The summed E-state index contributed by atoms with van der Waals surface area (Å²) in [6.07, 6.45) is 0. The lowest BCUT2D eigenvalue weighted by Gasteiger charge is -2.20. The molecule has 0 aromatic carbocycles. The van der Waals surface area contributed by atoms with Crippen molar-refractivity contribution in [1.82, 2.24) is 20.2 Å². The molecule has 1 aromatic rings. The van der Waals surface area contributed by atoms with Crippen molar-refractivity contribution in [3.63, 3.8) is 0 Å². The number of nitrogens with two attached hydrogens (primary N) is 1. The second-order valence-electron chi connectivity index (χ2n) is 4.49. The van der Waals surface area contributed by atoms with Crippen molar-refractivity contribution in [1.29, 1.82) is 0 Å². The molecule has 0 unspecified atom stereocenters. The maximum atomic E-state index is 11.5. The van der Waals surface area contributed by atoms with Gasteiger partial charge in [0.05, 0.1) is 5.75 Å². The quantitative estimate of drug-likeness (QED) is 0.589. The first-order valence-electron chi connectivity index (χ1n) is 4.90. The summed E-state index contributed by atoms with van der Waals surface area (Å²) >= 11 is 1.27. The fraction of sp³-hybridized carbons (Fsp3) is 0.667. The number of carbonyl (C=O) groups is 1. The minimum Gasteiger partial charge on any atom is -0.351 e. The third-order valence-electron chi connectivity index (χ3n) is 1.68. The van der Waals surface area contributed by atoms with Gasteiger partial charge < -0.3 is 11.2 Å². The largest absolute Gasteiger partial charge is 0.351 e. The van der Waals surface area contributed by atoms with Crippen LogP contribution in [0.3, 0.4) is 0 Å². The van der Waals surface area contributed by atoms with Gasteiger partial charge in [-0.3, -0.25) is 4.79 Å². The lowest BCUT2D eigenvalue weighted by atomic mass is 10.1. The van der Waals surface area contributed by atoms with E-state index in [0.717, 1.165) is 0 Å². The average molecular weight is 243 g/mol. The highest BCUT2D eigenvalue weighted by molar-refractivity contribution is 7.99. The molecule has 7 heteroatoms. The number of aryl methyl sites for hydroxylation is 1. The van der Waals surface area contributed by atoms with Crippen molar-refractivity contribution in [2.45, 2.75) is 38.4 Å². The summed E-state index contributed by atoms with van der Waals surface area (Å²) in [5.41, 5.74) is -0.218. The number of hydrogen-bond acceptors (Lipinski definition) is 5. The third kappa shape index (κ3) is 3.73. The Labute approximate surface area is 99.0 Å². The monoisotopic (exact) mass is 243 g/mol. The second kappa shape index (κ2) is 4.73. The van der Waals surface area contributed by atoms with Crippen molar-refractivity contribution in [2.75, 3.05) is 11.6 Å². The van der Waals surface area contributed by atoms with E-state index in [9.17, 15) is 4.79 Å². The summed E-state index contributed by atoms with van der Waals surface area (Å²) in [5, 5.41) is 11.1. The molecular formula is C9H17N5OS. The van der Waals surface area contributed by atoms with Gasteiger partial charge in [-0.05, 0) is 27.7 Å².